The van der Waals surface area contributed by atoms with Crippen molar-refractivity contribution in [2.75, 3.05) is 0 Å². The van der Waals surface area contributed by atoms with Gasteiger partial charge in [-0.15, -0.1) is 0 Å². The molecule has 1 N–H and O–H groups in total. The number of nitrogens with zero attached hydrogens (tertiary/aromatic N) is 1. The molecule has 0 saturated heterocycles. The number of amides is 1. The van der Waals surface area contributed by atoms with E-state index in [1.165, 1.54) is 0 Å². The Morgan fingerprint density at radius 2 is 2.36 bits per heavy atom. The van der Waals surface area contributed by atoms with Crippen LogP contribution in [0.1, 0.15) is 13.3 Å². The van der Waals surface area contributed by atoms with Crippen LogP contribution >= 0.6 is 12.2 Å². The highest BCUT2D eigenvalue weighted by Gasteiger charge is 2.18. The number of hydrogen-bond donors (Lipinski definition) is 1. The van der Waals surface area contributed by atoms with Gasteiger partial charge in [0.05, 0.1) is 5.57 Å². The normalized spacial score (nSPS) is 17.8. The zero-order valence-corrected chi connectivity index (χ0v) is 6.79. The van der Waals surface area contributed by atoms with E-state index in [-0.39, 0.29) is 17.3 Å². The second-order valence-electron chi connectivity index (χ2n) is 2.32. The third kappa shape index (κ3) is 1.44. The first-order chi connectivity index (χ1) is 5.15. The van der Waals surface area contributed by atoms with Gasteiger partial charge >= 0.3 is 0 Å². The second kappa shape index (κ2) is 2.81. The monoisotopic (exact) mass is 166 g/mol. The van der Waals surface area contributed by atoms with Crippen LogP contribution < -0.4 is 5.32 Å². The number of nitrogens with one attached hydrogen (secondary N) is 1. The van der Waals surface area contributed by atoms with Crippen molar-refractivity contribution in [3.8, 4) is 6.07 Å². The first-order valence-corrected chi connectivity index (χ1v) is 3.50. The standard InChI is InChI=1S/C7H6N2OS/c1-4-2-6(10)9-7(11)5(4)3-8/h2H2,1H3,(H,9,10,11). The lowest BCUT2D eigenvalue weighted by Gasteiger charge is -2.13. The summed E-state index contributed by atoms with van der Waals surface area (Å²) in [4.78, 5) is 11.1. The predicted molar refractivity (Wildman–Crippen MR) is 43.7 cm³/mol. The Morgan fingerprint density at radius 3 is 2.82 bits per heavy atom. The van der Waals surface area contributed by atoms with Crippen molar-refractivity contribution >= 4 is 23.1 Å². The molecule has 0 atom stereocenters. The van der Waals surface area contributed by atoms with E-state index in [0.29, 0.717) is 5.57 Å². The molecule has 0 aromatic heterocycles. The Balaban J connectivity index is 3.07. The molecule has 4 heteroatoms. The maximum atomic E-state index is 10.8. The summed E-state index contributed by atoms with van der Waals surface area (Å²) in [6, 6.07) is 1.95. The number of carbonyl (C=O) groups is 1. The minimum absolute atomic E-state index is 0.133. The van der Waals surface area contributed by atoms with Gasteiger partial charge in [-0.1, -0.05) is 12.2 Å². The lowest BCUT2D eigenvalue weighted by atomic mass is 10.0. The third-order valence-electron chi connectivity index (χ3n) is 1.44. The molecule has 3 nitrogen and oxygen atoms in total. The smallest absolute Gasteiger partial charge is 0.229 e. The molecular weight excluding hydrogens is 160 g/mol. The molecule has 1 amide bonds. The quantitative estimate of drug-likeness (QED) is 0.538. The summed E-state index contributed by atoms with van der Waals surface area (Å²) in [6.45, 7) is 1.74. The number of thiocarbonyl (C=S) groups is 1. The van der Waals surface area contributed by atoms with Crippen LogP contribution in [-0.4, -0.2) is 10.9 Å². The van der Waals surface area contributed by atoms with Gasteiger partial charge in [-0.05, 0) is 12.5 Å². The number of hydrogen-bond acceptors (Lipinski definition) is 3. The molecule has 56 valence electrons. The zero-order chi connectivity index (χ0) is 8.43. The second-order valence-corrected chi connectivity index (χ2v) is 2.73. The molecule has 0 bridgehead atoms. The zero-order valence-electron chi connectivity index (χ0n) is 5.97. The molecule has 1 rings (SSSR count). The lowest BCUT2D eigenvalue weighted by molar-refractivity contribution is -0.119. The molecule has 0 radical (unpaired) electrons. The number of rotatable bonds is 0. The van der Waals surface area contributed by atoms with Crippen molar-refractivity contribution in [1.82, 2.24) is 5.32 Å². The molecule has 11 heavy (non-hydrogen) atoms. The average Bonchev–Trinajstić information content (AvgIpc) is 1.85. The van der Waals surface area contributed by atoms with E-state index < -0.39 is 0 Å². The molecule has 0 saturated carbocycles. The van der Waals surface area contributed by atoms with Gasteiger partial charge in [0.1, 0.15) is 11.1 Å². The van der Waals surface area contributed by atoms with E-state index in [2.05, 4.69) is 5.32 Å². The molecule has 0 spiro atoms. The van der Waals surface area contributed by atoms with Crippen LogP contribution in [0.4, 0.5) is 0 Å². The Morgan fingerprint density at radius 1 is 1.73 bits per heavy atom. The molecule has 0 aliphatic carbocycles. The summed E-state index contributed by atoms with van der Waals surface area (Å²) < 4.78 is 0. The maximum absolute atomic E-state index is 10.8. The molecule has 1 heterocycles. The van der Waals surface area contributed by atoms with Gasteiger partial charge < -0.3 is 5.32 Å². The molecule has 1 aliphatic rings. The first-order valence-electron chi connectivity index (χ1n) is 3.09. The summed E-state index contributed by atoms with van der Waals surface area (Å²) >= 11 is 4.77. The molecule has 1 aliphatic heterocycles. The van der Waals surface area contributed by atoms with Crippen LogP contribution in [0.25, 0.3) is 0 Å². The molecule has 0 unspecified atom stereocenters. The van der Waals surface area contributed by atoms with Crippen LogP contribution in [0.2, 0.25) is 0 Å². The predicted octanol–water partition coefficient (Wildman–Crippen LogP) is 0.674. The highest BCUT2D eigenvalue weighted by molar-refractivity contribution is 7.80. The summed E-state index contributed by atoms with van der Waals surface area (Å²) in [7, 11) is 0. The lowest BCUT2D eigenvalue weighted by Crippen LogP contribution is -2.34. The van der Waals surface area contributed by atoms with Gasteiger partial charge in [-0.3, -0.25) is 4.79 Å². The van der Waals surface area contributed by atoms with Crippen molar-refractivity contribution in [2.24, 2.45) is 0 Å². The Bertz CT molecular complexity index is 298. The Labute approximate surface area is 69.7 Å². The summed E-state index contributed by atoms with van der Waals surface area (Å²) in [5.41, 5.74) is 1.18. The molecule has 0 aromatic rings. The Hall–Kier alpha value is -1.21. The maximum Gasteiger partial charge on any atom is 0.229 e. The number of nitriles is 1. The highest BCUT2D eigenvalue weighted by atomic mass is 32.1. The van der Waals surface area contributed by atoms with Gasteiger partial charge in [-0.25, -0.2) is 0 Å². The van der Waals surface area contributed by atoms with Crippen LogP contribution in [0.5, 0.6) is 0 Å². The topological polar surface area (TPSA) is 52.9 Å². The van der Waals surface area contributed by atoms with Crippen molar-refractivity contribution < 1.29 is 4.79 Å². The minimum atomic E-state index is -0.133. The van der Waals surface area contributed by atoms with Gasteiger partial charge in [0, 0.05) is 6.42 Å². The largest absolute Gasteiger partial charge is 0.316 e. The van der Waals surface area contributed by atoms with Gasteiger partial charge in [0.2, 0.25) is 5.91 Å². The van der Waals surface area contributed by atoms with Crippen molar-refractivity contribution in [3.63, 3.8) is 0 Å². The van der Waals surface area contributed by atoms with E-state index in [0.717, 1.165) is 5.57 Å². The third-order valence-corrected chi connectivity index (χ3v) is 1.75. The average molecular weight is 166 g/mol. The van der Waals surface area contributed by atoms with E-state index >= 15 is 0 Å². The fraction of sp³-hybridized carbons (Fsp3) is 0.286. The molecular formula is C7H6N2OS. The summed E-state index contributed by atoms with van der Waals surface area (Å²) in [6.07, 6.45) is 0.281. The van der Waals surface area contributed by atoms with E-state index in [9.17, 15) is 4.79 Å². The highest BCUT2D eigenvalue weighted by Crippen LogP contribution is 2.13. The first kappa shape index (κ1) is 7.89. The fourth-order valence-corrected chi connectivity index (χ4v) is 1.24. The van der Waals surface area contributed by atoms with Gasteiger partial charge in [0.15, 0.2) is 0 Å². The van der Waals surface area contributed by atoms with Crippen molar-refractivity contribution in [3.05, 3.63) is 11.1 Å². The SMILES string of the molecule is CC1=C(C#N)C(=S)NC(=O)C1. The van der Waals surface area contributed by atoms with Crippen LogP contribution in [0.15, 0.2) is 11.1 Å². The van der Waals surface area contributed by atoms with Crippen LogP contribution in [-0.2, 0) is 4.79 Å². The fourth-order valence-electron chi connectivity index (χ4n) is 0.903. The van der Waals surface area contributed by atoms with Gasteiger partial charge in [-0.2, -0.15) is 5.26 Å². The number of carbonyl (C=O) groups excluding carboxylic acids is 1. The minimum Gasteiger partial charge on any atom is -0.316 e. The molecule has 0 aromatic carbocycles. The van der Waals surface area contributed by atoms with Crippen molar-refractivity contribution in [2.45, 2.75) is 13.3 Å². The Kier molecular flexibility index (Phi) is 2.01. The van der Waals surface area contributed by atoms with E-state index in [1.807, 2.05) is 6.07 Å². The van der Waals surface area contributed by atoms with E-state index in [1.54, 1.807) is 6.92 Å². The van der Waals surface area contributed by atoms with E-state index in [4.69, 9.17) is 17.5 Å². The molecule has 0 fully saturated rings. The summed E-state index contributed by atoms with van der Waals surface area (Å²) in [5, 5.41) is 11.0. The van der Waals surface area contributed by atoms with Crippen LogP contribution in [0.3, 0.4) is 0 Å². The summed E-state index contributed by atoms with van der Waals surface area (Å²) in [5.74, 6) is -0.133. The van der Waals surface area contributed by atoms with Gasteiger partial charge in [0.25, 0.3) is 0 Å². The van der Waals surface area contributed by atoms with Crippen molar-refractivity contribution in [1.29, 1.82) is 5.26 Å². The van der Waals surface area contributed by atoms with Crippen LogP contribution in [0, 0.1) is 11.3 Å².